The molecule has 0 aliphatic rings. The largest absolute Gasteiger partial charge is 0.493 e. The Morgan fingerprint density at radius 3 is 2.48 bits per heavy atom. The van der Waals surface area contributed by atoms with Crippen LogP contribution in [0.4, 0.5) is 0 Å². The first-order valence-corrected chi connectivity index (χ1v) is 10.6. The summed E-state index contributed by atoms with van der Waals surface area (Å²) in [6.45, 7) is 0. The van der Waals surface area contributed by atoms with Gasteiger partial charge < -0.3 is 9.47 Å². The van der Waals surface area contributed by atoms with Crippen molar-refractivity contribution in [2.24, 2.45) is 0 Å². The third kappa shape index (κ3) is 4.14. The maximum Gasteiger partial charge on any atom is 0.283 e. The molecule has 0 saturated heterocycles. The summed E-state index contributed by atoms with van der Waals surface area (Å²) in [6, 6.07) is 10.2. The highest BCUT2D eigenvalue weighted by atomic mass is 35.5. The Kier molecular flexibility index (Phi) is 5.95. The molecular formula is C21H15Cl2N3O4S. The summed E-state index contributed by atoms with van der Waals surface area (Å²) in [4.78, 5) is 26.1. The number of benzene rings is 2. The fourth-order valence-corrected chi connectivity index (χ4v) is 4.43. The van der Waals surface area contributed by atoms with Gasteiger partial charge in [0.2, 0.25) is 4.96 Å². The minimum Gasteiger partial charge on any atom is -0.493 e. The summed E-state index contributed by atoms with van der Waals surface area (Å²) in [5, 5.41) is 8.99. The van der Waals surface area contributed by atoms with Crippen LogP contribution >= 0.6 is 34.5 Å². The van der Waals surface area contributed by atoms with Crippen molar-refractivity contribution in [3.05, 3.63) is 88.5 Å². The van der Waals surface area contributed by atoms with Crippen molar-refractivity contribution < 1.29 is 9.47 Å². The number of hydrogen-bond donors (Lipinski definition) is 0. The minimum absolute atomic E-state index is 0.120. The molecule has 0 unspecified atom stereocenters. The Hall–Kier alpha value is -2.94. The van der Waals surface area contributed by atoms with Crippen LogP contribution in [0.25, 0.3) is 11.0 Å². The maximum atomic E-state index is 12.9. The third-order valence-electron chi connectivity index (χ3n) is 4.59. The average molecular weight is 476 g/mol. The summed E-state index contributed by atoms with van der Waals surface area (Å²) in [5.74, 6) is 1.11. The highest BCUT2D eigenvalue weighted by Gasteiger charge is 2.15. The van der Waals surface area contributed by atoms with Crippen LogP contribution in [0.1, 0.15) is 16.8 Å². The van der Waals surface area contributed by atoms with Crippen LogP contribution in [0.5, 0.6) is 11.5 Å². The van der Waals surface area contributed by atoms with Gasteiger partial charge in [-0.15, -0.1) is 10.2 Å². The van der Waals surface area contributed by atoms with Gasteiger partial charge in [-0.1, -0.05) is 46.7 Å². The molecule has 0 N–H and O–H groups in total. The normalized spacial score (nSPS) is 11.8. The molecule has 2 aromatic heterocycles. The second kappa shape index (κ2) is 8.66. The van der Waals surface area contributed by atoms with E-state index < -0.39 is 11.1 Å². The van der Waals surface area contributed by atoms with Gasteiger partial charge in [-0.25, -0.2) is 4.40 Å². The molecule has 0 saturated carbocycles. The molecule has 0 atom stereocenters. The first kappa shape index (κ1) is 21.3. The van der Waals surface area contributed by atoms with Crippen LogP contribution in [0.2, 0.25) is 10.0 Å². The van der Waals surface area contributed by atoms with Gasteiger partial charge in [0.15, 0.2) is 11.5 Å². The Morgan fingerprint density at radius 2 is 1.77 bits per heavy atom. The number of ether oxygens (including phenoxy) is 2. The number of halogens is 2. The zero-order valence-electron chi connectivity index (χ0n) is 16.4. The van der Waals surface area contributed by atoms with E-state index >= 15 is 0 Å². The molecule has 2 heterocycles. The van der Waals surface area contributed by atoms with E-state index in [1.54, 1.807) is 49.6 Å². The van der Waals surface area contributed by atoms with Gasteiger partial charge in [0.25, 0.3) is 11.1 Å². The lowest BCUT2D eigenvalue weighted by molar-refractivity contribution is 0.355. The van der Waals surface area contributed by atoms with Crippen LogP contribution in [0.3, 0.4) is 0 Å². The maximum absolute atomic E-state index is 12.9. The van der Waals surface area contributed by atoms with Gasteiger partial charge >= 0.3 is 0 Å². The second-order valence-corrected chi connectivity index (χ2v) is 8.37. The van der Waals surface area contributed by atoms with Crippen LogP contribution in [-0.4, -0.2) is 28.8 Å². The summed E-state index contributed by atoms with van der Waals surface area (Å²) < 4.78 is 11.9. The molecule has 7 nitrogen and oxygen atoms in total. The molecule has 0 aliphatic heterocycles. The van der Waals surface area contributed by atoms with Crippen molar-refractivity contribution in [1.82, 2.24) is 14.6 Å². The Balaban J connectivity index is 1.79. The van der Waals surface area contributed by atoms with Crippen molar-refractivity contribution in [3.8, 4) is 11.5 Å². The predicted molar refractivity (Wildman–Crippen MR) is 121 cm³/mol. The van der Waals surface area contributed by atoms with E-state index in [1.165, 1.54) is 7.11 Å². The average Bonchev–Trinajstić information content (AvgIpc) is 3.07. The zero-order valence-corrected chi connectivity index (χ0v) is 18.7. The van der Waals surface area contributed by atoms with Crippen LogP contribution < -0.4 is 25.1 Å². The van der Waals surface area contributed by atoms with Crippen molar-refractivity contribution >= 4 is 45.6 Å². The molecule has 0 fully saturated rings. The molecule has 4 aromatic rings. The fraction of sp³-hybridized carbons (Fsp3) is 0.143. The van der Waals surface area contributed by atoms with Crippen LogP contribution in [0, 0.1) is 0 Å². The van der Waals surface area contributed by atoms with Crippen molar-refractivity contribution in [2.45, 2.75) is 6.42 Å². The summed E-state index contributed by atoms with van der Waals surface area (Å²) >= 11 is 13.2. The first-order chi connectivity index (χ1) is 14.9. The minimum atomic E-state index is -0.524. The predicted octanol–water partition coefficient (Wildman–Crippen LogP) is 2.97. The number of thiazole rings is 1. The van der Waals surface area contributed by atoms with Crippen LogP contribution in [0.15, 0.2) is 46.0 Å². The molecule has 2 aromatic carbocycles. The van der Waals surface area contributed by atoms with Crippen molar-refractivity contribution in [1.29, 1.82) is 0 Å². The Labute approximate surface area is 190 Å². The fourth-order valence-electron chi connectivity index (χ4n) is 3.05. The number of rotatable bonds is 5. The van der Waals surface area contributed by atoms with Crippen molar-refractivity contribution in [3.63, 3.8) is 0 Å². The summed E-state index contributed by atoms with van der Waals surface area (Å²) in [6.07, 6.45) is 1.80. The monoisotopic (exact) mass is 475 g/mol. The molecule has 158 valence electrons. The SMILES string of the molecule is COc1ccc(/C=c2\sc3nnc(Cc4ccc(Cl)cc4Cl)c(=O)n3c2=O)cc1OC. The Morgan fingerprint density at radius 1 is 1.00 bits per heavy atom. The van der Waals surface area contributed by atoms with Gasteiger partial charge in [-0.05, 0) is 41.5 Å². The number of aromatic nitrogens is 3. The highest BCUT2D eigenvalue weighted by Crippen LogP contribution is 2.27. The number of nitrogens with zero attached hydrogens (tertiary/aromatic N) is 3. The number of hydrogen-bond acceptors (Lipinski definition) is 7. The lowest BCUT2D eigenvalue weighted by atomic mass is 10.1. The molecule has 10 heteroatoms. The molecule has 0 radical (unpaired) electrons. The van der Waals surface area contributed by atoms with Gasteiger partial charge in [-0.3, -0.25) is 9.59 Å². The van der Waals surface area contributed by atoms with E-state index in [2.05, 4.69) is 10.2 Å². The molecular weight excluding hydrogens is 461 g/mol. The Bertz CT molecular complexity index is 1470. The van der Waals surface area contributed by atoms with Gasteiger partial charge in [-0.2, -0.15) is 0 Å². The topological polar surface area (TPSA) is 82.8 Å². The molecule has 4 rings (SSSR count). The highest BCUT2D eigenvalue weighted by molar-refractivity contribution is 7.15. The van der Waals surface area contributed by atoms with E-state index in [9.17, 15) is 9.59 Å². The first-order valence-electron chi connectivity index (χ1n) is 9.00. The van der Waals surface area contributed by atoms with Gasteiger partial charge in [0.1, 0.15) is 5.69 Å². The van der Waals surface area contributed by atoms with E-state index in [4.69, 9.17) is 32.7 Å². The molecule has 0 amide bonds. The standard InChI is InChI=1S/C21H15Cl2N3O4S/c1-29-16-6-3-11(7-17(16)30-2)8-18-20(28)26-19(27)15(24-25-21(26)31-18)9-12-4-5-13(22)10-14(12)23/h3-8,10H,9H2,1-2H3/b18-8-. The van der Waals surface area contributed by atoms with E-state index in [1.807, 2.05) is 0 Å². The second-order valence-electron chi connectivity index (χ2n) is 6.51. The van der Waals surface area contributed by atoms with Crippen molar-refractivity contribution in [2.75, 3.05) is 14.2 Å². The molecule has 31 heavy (non-hydrogen) atoms. The summed E-state index contributed by atoms with van der Waals surface area (Å²) in [7, 11) is 3.08. The lowest BCUT2D eigenvalue weighted by Crippen LogP contribution is -2.33. The van der Waals surface area contributed by atoms with E-state index in [-0.39, 0.29) is 17.1 Å². The van der Waals surface area contributed by atoms with E-state index in [0.717, 1.165) is 21.3 Å². The number of methoxy groups -OCH3 is 2. The molecule has 0 aliphatic carbocycles. The molecule has 0 spiro atoms. The van der Waals surface area contributed by atoms with Gasteiger partial charge in [0, 0.05) is 16.5 Å². The van der Waals surface area contributed by atoms with E-state index in [0.29, 0.717) is 31.6 Å². The summed E-state index contributed by atoms with van der Waals surface area (Å²) in [5.41, 5.74) is 0.518. The number of fused-ring (bicyclic) bond motifs is 1. The van der Waals surface area contributed by atoms with Gasteiger partial charge in [0.05, 0.1) is 18.8 Å². The third-order valence-corrected chi connectivity index (χ3v) is 6.14. The smallest absolute Gasteiger partial charge is 0.283 e. The quantitative estimate of drug-likeness (QED) is 0.441. The zero-order chi connectivity index (χ0) is 22.1. The lowest BCUT2D eigenvalue weighted by Gasteiger charge is -2.07. The molecule has 0 bridgehead atoms. The van der Waals surface area contributed by atoms with Crippen LogP contribution in [-0.2, 0) is 6.42 Å².